The molecule has 0 aromatic heterocycles. The second-order valence-corrected chi connectivity index (χ2v) is 4.84. The molecule has 21 heavy (non-hydrogen) atoms. The van der Waals surface area contributed by atoms with E-state index in [9.17, 15) is 17.6 Å². The zero-order chi connectivity index (χ0) is 15.9. The lowest BCUT2D eigenvalue weighted by atomic mass is 9.98. The topological polar surface area (TPSA) is 12.0 Å². The third-order valence-electron chi connectivity index (χ3n) is 3.15. The van der Waals surface area contributed by atoms with Crippen LogP contribution in [0.3, 0.4) is 0 Å². The first-order valence-corrected chi connectivity index (χ1v) is 6.93. The lowest BCUT2D eigenvalue weighted by Gasteiger charge is -2.20. The van der Waals surface area contributed by atoms with E-state index >= 15 is 0 Å². The summed E-state index contributed by atoms with van der Waals surface area (Å²) in [7, 11) is 0. The summed E-state index contributed by atoms with van der Waals surface area (Å²) in [5, 5.41) is 3.18. The molecule has 1 atom stereocenters. The van der Waals surface area contributed by atoms with Crippen molar-refractivity contribution in [1.82, 2.24) is 5.32 Å². The maximum atomic E-state index is 13.3. The maximum Gasteiger partial charge on any atom is 0.419 e. The van der Waals surface area contributed by atoms with Crippen molar-refractivity contribution in [3.63, 3.8) is 0 Å². The largest absolute Gasteiger partial charge is 0.419 e. The van der Waals surface area contributed by atoms with Gasteiger partial charge in [0.15, 0.2) is 0 Å². The summed E-state index contributed by atoms with van der Waals surface area (Å²) in [6, 6.07) is 2.91. The monoisotopic (exact) mass is 301 g/mol. The van der Waals surface area contributed by atoms with Crippen LogP contribution in [0.2, 0.25) is 0 Å². The Morgan fingerprint density at radius 3 is 2.62 bits per heavy atom. The highest BCUT2D eigenvalue weighted by Gasteiger charge is 2.34. The maximum absolute atomic E-state index is 13.3. The van der Waals surface area contributed by atoms with Crippen LogP contribution in [0.5, 0.6) is 0 Å². The fraction of sp³-hybridized carbons (Fsp3) is 0.500. The molecular weight excluding hydrogens is 282 g/mol. The second kappa shape index (κ2) is 8.04. The van der Waals surface area contributed by atoms with Gasteiger partial charge in [0, 0.05) is 12.5 Å². The van der Waals surface area contributed by atoms with E-state index in [2.05, 4.69) is 11.2 Å². The van der Waals surface area contributed by atoms with Gasteiger partial charge in [0.2, 0.25) is 0 Å². The van der Waals surface area contributed by atoms with Gasteiger partial charge in [0.05, 0.1) is 5.56 Å². The van der Waals surface area contributed by atoms with Gasteiger partial charge in [-0.3, -0.25) is 0 Å². The number of terminal acetylenes is 1. The zero-order valence-electron chi connectivity index (χ0n) is 11.9. The predicted molar refractivity (Wildman–Crippen MR) is 75.1 cm³/mol. The molecule has 0 spiro atoms. The third kappa shape index (κ3) is 5.39. The molecule has 0 fully saturated rings. The van der Waals surface area contributed by atoms with E-state index in [1.54, 1.807) is 0 Å². The normalized spacial score (nSPS) is 13.0. The average molecular weight is 301 g/mol. The number of hydrogen-bond donors (Lipinski definition) is 1. The highest BCUT2D eigenvalue weighted by Crippen LogP contribution is 2.33. The highest BCUT2D eigenvalue weighted by molar-refractivity contribution is 5.29. The van der Waals surface area contributed by atoms with E-state index < -0.39 is 17.6 Å². The molecule has 1 aromatic carbocycles. The number of nitrogens with one attached hydrogen (secondary N) is 1. The summed E-state index contributed by atoms with van der Waals surface area (Å²) in [4.78, 5) is 0. The lowest BCUT2D eigenvalue weighted by molar-refractivity contribution is -0.140. The van der Waals surface area contributed by atoms with Gasteiger partial charge in [-0.25, -0.2) is 4.39 Å². The van der Waals surface area contributed by atoms with Crippen LogP contribution >= 0.6 is 0 Å². The van der Waals surface area contributed by atoms with Crippen molar-refractivity contribution < 1.29 is 17.6 Å². The highest BCUT2D eigenvalue weighted by atomic mass is 19.4. The quantitative estimate of drug-likeness (QED) is 0.438. The minimum Gasteiger partial charge on any atom is -0.310 e. The van der Waals surface area contributed by atoms with Gasteiger partial charge in [-0.05, 0) is 43.5 Å². The van der Waals surface area contributed by atoms with Crippen molar-refractivity contribution in [3.05, 3.63) is 35.1 Å². The predicted octanol–water partition coefficient (Wildman–Crippen LogP) is 4.69. The number of rotatable bonds is 7. The van der Waals surface area contributed by atoms with Crippen LogP contribution in [-0.2, 0) is 6.18 Å². The number of halogens is 4. The van der Waals surface area contributed by atoms with E-state index in [4.69, 9.17) is 6.42 Å². The fourth-order valence-corrected chi connectivity index (χ4v) is 2.09. The van der Waals surface area contributed by atoms with Crippen LogP contribution in [0.1, 0.15) is 49.8 Å². The van der Waals surface area contributed by atoms with Crippen LogP contribution in [0.4, 0.5) is 17.6 Å². The Balaban J connectivity index is 2.98. The van der Waals surface area contributed by atoms with E-state index in [1.165, 1.54) is 6.07 Å². The van der Waals surface area contributed by atoms with Crippen LogP contribution in [0, 0.1) is 18.2 Å². The van der Waals surface area contributed by atoms with E-state index in [1.807, 2.05) is 6.92 Å². The Labute approximate surface area is 122 Å². The number of benzene rings is 1. The van der Waals surface area contributed by atoms with Crippen molar-refractivity contribution in [2.24, 2.45) is 0 Å². The van der Waals surface area contributed by atoms with Crippen LogP contribution < -0.4 is 5.32 Å². The molecule has 116 valence electrons. The molecule has 0 saturated carbocycles. The van der Waals surface area contributed by atoms with E-state index in [0.29, 0.717) is 31.4 Å². The molecule has 1 rings (SSSR count). The van der Waals surface area contributed by atoms with Crippen molar-refractivity contribution in [1.29, 1.82) is 0 Å². The molecule has 5 heteroatoms. The molecule has 1 N–H and O–H groups in total. The fourth-order valence-electron chi connectivity index (χ4n) is 2.09. The summed E-state index contributed by atoms with van der Waals surface area (Å²) in [5.74, 6) is 1.26. The van der Waals surface area contributed by atoms with Crippen LogP contribution in [0.15, 0.2) is 18.2 Å². The van der Waals surface area contributed by atoms with Crippen LogP contribution in [0.25, 0.3) is 0 Å². The standard InChI is InChI=1S/C16H19F4N/c1-3-5-6-7-15(21-10-4-2)12-8-9-14(17)13(11-12)16(18,19)20/h1,8-9,11,15,21H,4-7,10H2,2H3. The summed E-state index contributed by atoms with van der Waals surface area (Å²) in [6.45, 7) is 2.65. The van der Waals surface area contributed by atoms with Crippen molar-refractivity contribution in [2.45, 2.75) is 44.8 Å². The van der Waals surface area contributed by atoms with Gasteiger partial charge >= 0.3 is 6.18 Å². The van der Waals surface area contributed by atoms with Gasteiger partial charge in [-0.2, -0.15) is 13.2 Å². The molecule has 1 unspecified atom stereocenters. The van der Waals surface area contributed by atoms with E-state index in [-0.39, 0.29) is 6.04 Å². The average Bonchev–Trinajstić information content (AvgIpc) is 2.42. The van der Waals surface area contributed by atoms with Crippen LogP contribution in [-0.4, -0.2) is 6.54 Å². The lowest BCUT2D eigenvalue weighted by Crippen LogP contribution is -2.23. The van der Waals surface area contributed by atoms with Gasteiger partial charge in [0.25, 0.3) is 0 Å². The molecule has 0 aliphatic heterocycles. The first-order chi connectivity index (χ1) is 9.90. The molecule has 0 bridgehead atoms. The molecule has 0 radical (unpaired) electrons. The first-order valence-electron chi connectivity index (χ1n) is 6.93. The van der Waals surface area contributed by atoms with Crippen molar-refractivity contribution in [2.75, 3.05) is 6.54 Å². The zero-order valence-corrected chi connectivity index (χ0v) is 11.9. The first kappa shape index (κ1) is 17.5. The van der Waals surface area contributed by atoms with E-state index in [0.717, 1.165) is 18.6 Å². The Morgan fingerprint density at radius 2 is 2.05 bits per heavy atom. The number of alkyl halides is 3. The molecule has 1 aromatic rings. The van der Waals surface area contributed by atoms with Crippen molar-refractivity contribution >= 4 is 0 Å². The van der Waals surface area contributed by atoms with Gasteiger partial charge in [-0.15, -0.1) is 12.3 Å². The minimum absolute atomic E-state index is 0.250. The van der Waals surface area contributed by atoms with Gasteiger partial charge < -0.3 is 5.32 Å². The Bertz CT molecular complexity index is 488. The molecule has 0 aliphatic carbocycles. The van der Waals surface area contributed by atoms with Gasteiger partial charge in [0.1, 0.15) is 5.82 Å². The Morgan fingerprint density at radius 1 is 1.33 bits per heavy atom. The Hall–Kier alpha value is -1.54. The number of hydrogen-bond acceptors (Lipinski definition) is 1. The third-order valence-corrected chi connectivity index (χ3v) is 3.15. The minimum atomic E-state index is -4.69. The molecule has 1 nitrogen and oxygen atoms in total. The van der Waals surface area contributed by atoms with Gasteiger partial charge in [-0.1, -0.05) is 13.0 Å². The SMILES string of the molecule is C#CCCCC(NCCC)c1ccc(F)c(C(F)(F)F)c1. The summed E-state index contributed by atoms with van der Waals surface area (Å²) < 4.78 is 51.6. The van der Waals surface area contributed by atoms with Crippen molar-refractivity contribution in [3.8, 4) is 12.3 Å². The summed E-state index contributed by atoms with van der Waals surface area (Å²) >= 11 is 0. The summed E-state index contributed by atoms with van der Waals surface area (Å²) in [5.41, 5.74) is -0.783. The molecular formula is C16H19F4N. The molecule has 0 heterocycles. The summed E-state index contributed by atoms with van der Waals surface area (Å²) in [6.07, 6.45) is 3.25. The second-order valence-electron chi connectivity index (χ2n) is 4.84. The number of unbranched alkanes of at least 4 members (excludes halogenated alkanes) is 1. The molecule has 0 aliphatic rings. The Kier molecular flexibility index (Phi) is 6.70. The molecule has 0 saturated heterocycles. The smallest absolute Gasteiger partial charge is 0.310 e. The molecule has 0 amide bonds.